The molecule has 0 N–H and O–H groups in total. The standard InChI is InChI=1S/C18H21ClN2O3Si/c1-18(2,3)25(4,5)23-12-16-20-21-17(24-16)14-9-8-13(7-6-10-22)15(19)11-14/h8-11H,12H2,1-5H3. The predicted octanol–water partition coefficient (Wildman–Crippen LogP) is 4.46. The van der Waals surface area contributed by atoms with Crippen LogP contribution in [0.3, 0.4) is 0 Å². The van der Waals surface area contributed by atoms with E-state index in [-0.39, 0.29) is 5.04 Å². The van der Waals surface area contributed by atoms with Gasteiger partial charge in [-0.1, -0.05) is 38.3 Å². The fraction of sp³-hybridized carbons (Fsp3) is 0.389. The van der Waals surface area contributed by atoms with Crippen LogP contribution in [0.1, 0.15) is 32.2 Å². The van der Waals surface area contributed by atoms with Crippen molar-refractivity contribution in [1.82, 2.24) is 10.2 Å². The Morgan fingerprint density at radius 2 is 2.04 bits per heavy atom. The van der Waals surface area contributed by atoms with E-state index in [1.807, 2.05) is 0 Å². The zero-order valence-corrected chi connectivity index (χ0v) is 16.8. The van der Waals surface area contributed by atoms with Gasteiger partial charge >= 0.3 is 0 Å². The Morgan fingerprint density at radius 3 is 2.64 bits per heavy atom. The third-order valence-electron chi connectivity index (χ3n) is 4.31. The highest BCUT2D eigenvalue weighted by Gasteiger charge is 2.37. The van der Waals surface area contributed by atoms with Crippen molar-refractivity contribution in [3.05, 3.63) is 34.7 Å². The maximum atomic E-state index is 10.3. The first-order valence-electron chi connectivity index (χ1n) is 7.85. The zero-order valence-electron chi connectivity index (χ0n) is 15.0. The molecule has 2 rings (SSSR count). The lowest BCUT2D eigenvalue weighted by Gasteiger charge is -2.35. The number of carbonyl (C=O) groups excluding carboxylic acids is 1. The number of nitrogens with zero attached hydrogens (tertiary/aromatic N) is 2. The van der Waals surface area contributed by atoms with Crippen LogP contribution < -0.4 is 0 Å². The van der Waals surface area contributed by atoms with Crippen LogP contribution in [0.2, 0.25) is 23.2 Å². The molecular weight excluding hydrogens is 356 g/mol. The number of hydrogen-bond donors (Lipinski definition) is 0. The van der Waals surface area contributed by atoms with Crippen molar-refractivity contribution in [2.24, 2.45) is 0 Å². The predicted molar refractivity (Wildman–Crippen MR) is 99.7 cm³/mol. The Balaban J connectivity index is 2.14. The minimum atomic E-state index is -1.88. The van der Waals surface area contributed by atoms with Crippen LogP contribution in [0.4, 0.5) is 0 Å². The van der Waals surface area contributed by atoms with Gasteiger partial charge in [0.05, 0.1) is 5.02 Å². The van der Waals surface area contributed by atoms with Gasteiger partial charge < -0.3 is 8.84 Å². The Kier molecular flexibility index (Phi) is 5.83. The molecule has 0 amide bonds. The molecule has 7 heteroatoms. The second-order valence-electron chi connectivity index (χ2n) is 7.13. The SMILES string of the molecule is CC(C)(C)[Si](C)(C)OCc1nnc(-c2ccc(C#CC=O)c(Cl)c2)o1. The summed E-state index contributed by atoms with van der Waals surface area (Å²) in [5, 5.41) is 8.63. The number of rotatable bonds is 4. The highest BCUT2D eigenvalue weighted by Crippen LogP contribution is 2.37. The molecule has 0 unspecified atom stereocenters. The van der Waals surface area contributed by atoms with E-state index in [1.165, 1.54) is 0 Å². The molecule has 0 fully saturated rings. The number of aromatic nitrogens is 2. The molecule has 132 valence electrons. The van der Waals surface area contributed by atoms with E-state index in [0.717, 1.165) is 0 Å². The molecule has 1 heterocycles. The van der Waals surface area contributed by atoms with Crippen molar-refractivity contribution in [2.75, 3.05) is 0 Å². The minimum Gasteiger partial charge on any atom is -0.418 e. The van der Waals surface area contributed by atoms with Gasteiger partial charge in [0.25, 0.3) is 0 Å². The normalized spacial score (nSPS) is 11.8. The summed E-state index contributed by atoms with van der Waals surface area (Å²) in [6, 6.07) is 5.17. The van der Waals surface area contributed by atoms with Crippen LogP contribution >= 0.6 is 11.6 Å². The molecule has 0 aliphatic rings. The fourth-order valence-corrected chi connectivity index (χ4v) is 2.89. The molecule has 0 bridgehead atoms. The van der Waals surface area contributed by atoms with Gasteiger partial charge in [-0.2, -0.15) is 0 Å². The molecule has 1 aromatic carbocycles. The van der Waals surface area contributed by atoms with Crippen molar-refractivity contribution in [2.45, 2.75) is 45.5 Å². The summed E-state index contributed by atoms with van der Waals surface area (Å²) < 4.78 is 11.8. The van der Waals surface area contributed by atoms with Crippen LogP contribution in [0, 0.1) is 11.8 Å². The van der Waals surface area contributed by atoms with Crippen molar-refractivity contribution >= 4 is 26.2 Å². The summed E-state index contributed by atoms with van der Waals surface area (Å²) in [6.07, 6.45) is 0.525. The topological polar surface area (TPSA) is 65.2 Å². The van der Waals surface area contributed by atoms with Crippen molar-refractivity contribution in [1.29, 1.82) is 0 Å². The lowest BCUT2D eigenvalue weighted by atomic mass is 10.1. The minimum absolute atomic E-state index is 0.113. The van der Waals surface area contributed by atoms with Crippen molar-refractivity contribution in [3.8, 4) is 23.3 Å². The van der Waals surface area contributed by atoms with Gasteiger partial charge in [0.2, 0.25) is 11.8 Å². The quantitative estimate of drug-likeness (QED) is 0.447. The fourth-order valence-electron chi connectivity index (χ4n) is 1.74. The summed E-state index contributed by atoms with van der Waals surface area (Å²) in [6.45, 7) is 11.2. The highest BCUT2D eigenvalue weighted by molar-refractivity contribution is 6.74. The first-order valence-corrected chi connectivity index (χ1v) is 11.1. The number of aldehydes is 1. The average Bonchev–Trinajstić information content (AvgIpc) is 3.00. The number of carbonyl (C=O) groups is 1. The first-order chi connectivity index (χ1) is 11.6. The van der Waals surface area contributed by atoms with Crippen LogP contribution in [0.25, 0.3) is 11.5 Å². The van der Waals surface area contributed by atoms with Gasteiger partial charge in [-0.3, -0.25) is 4.79 Å². The monoisotopic (exact) mass is 376 g/mol. The molecule has 0 spiro atoms. The molecule has 0 radical (unpaired) electrons. The third kappa shape index (κ3) is 4.79. The third-order valence-corrected chi connectivity index (χ3v) is 9.10. The molecule has 0 atom stereocenters. The Labute approximate surface area is 153 Å². The van der Waals surface area contributed by atoms with Crippen LogP contribution in [-0.4, -0.2) is 24.8 Å². The molecule has 0 saturated carbocycles. The zero-order chi connectivity index (χ0) is 18.7. The molecule has 0 aliphatic carbocycles. The summed E-state index contributed by atoms with van der Waals surface area (Å²) in [5.41, 5.74) is 1.26. The van der Waals surface area contributed by atoms with Gasteiger partial charge in [0.15, 0.2) is 14.6 Å². The van der Waals surface area contributed by atoms with Crippen molar-refractivity contribution in [3.63, 3.8) is 0 Å². The van der Waals surface area contributed by atoms with E-state index in [0.29, 0.717) is 40.8 Å². The van der Waals surface area contributed by atoms with E-state index < -0.39 is 8.32 Å². The first kappa shape index (κ1) is 19.4. The van der Waals surface area contributed by atoms with Gasteiger partial charge in [0, 0.05) is 11.1 Å². The molecule has 2 aromatic rings. The second-order valence-corrected chi connectivity index (χ2v) is 12.3. The Hall–Kier alpha value is -1.94. The van der Waals surface area contributed by atoms with Crippen LogP contribution in [-0.2, 0) is 15.8 Å². The molecule has 0 aliphatic heterocycles. The maximum absolute atomic E-state index is 10.3. The number of benzene rings is 1. The Bertz CT molecular complexity index is 829. The summed E-state index contributed by atoms with van der Waals surface area (Å²) in [5.74, 6) is 5.80. The average molecular weight is 377 g/mol. The van der Waals surface area contributed by atoms with Crippen LogP contribution in [0.15, 0.2) is 22.6 Å². The number of hydrogen-bond acceptors (Lipinski definition) is 5. The van der Waals surface area contributed by atoms with E-state index in [4.69, 9.17) is 20.4 Å². The van der Waals surface area contributed by atoms with Gasteiger partial charge in [-0.25, -0.2) is 0 Å². The lowest BCUT2D eigenvalue weighted by molar-refractivity contribution is -0.103. The lowest BCUT2D eigenvalue weighted by Crippen LogP contribution is -2.40. The molecular formula is C18H21ClN2O3Si. The van der Waals surface area contributed by atoms with Gasteiger partial charge in [-0.05, 0) is 42.3 Å². The largest absolute Gasteiger partial charge is 0.418 e. The van der Waals surface area contributed by atoms with Gasteiger partial charge in [0.1, 0.15) is 6.61 Å². The van der Waals surface area contributed by atoms with Crippen molar-refractivity contribution < 1.29 is 13.6 Å². The molecule has 25 heavy (non-hydrogen) atoms. The molecule has 1 aromatic heterocycles. The molecule has 0 saturated heterocycles. The van der Waals surface area contributed by atoms with E-state index in [9.17, 15) is 4.79 Å². The maximum Gasteiger partial charge on any atom is 0.247 e. The summed E-state index contributed by atoms with van der Waals surface area (Å²) in [4.78, 5) is 10.3. The number of halogens is 1. The smallest absolute Gasteiger partial charge is 0.247 e. The van der Waals surface area contributed by atoms with E-state index in [1.54, 1.807) is 18.2 Å². The molecule has 5 nitrogen and oxygen atoms in total. The summed E-state index contributed by atoms with van der Waals surface area (Å²) in [7, 11) is -1.88. The Morgan fingerprint density at radius 1 is 1.32 bits per heavy atom. The van der Waals surface area contributed by atoms with Crippen LogP contribution in [0.5, 0.6) is 0 Å². The highest BCUT2D eigenvalue weighted by atomic mass is 35.5. The second kappa shape index (κ2) is 7.52. The van der Waals surface area contributed by atoms with E-state index >= 15 is 0 Å². The van der Waals surface area contributed by atoms with Gasteiger partial charge in [-0.15, -0.1) is 10.2 Å². The summed E-state index contributed by atoms with van der Waals surface area (Å²) >= 11 is 6.17. The van der Waals surface area contributed by atoms with E-state index in [2.05, 4.69) is 55.9 Å².